The van der Waals surface area contributed by atoms with E-state index in [1.807, 2.05) is 4.90 Å². The summed E-state index contributed by atoms with van der Waals surface area (Å²) in [5.41, 5.74) is 0. The number of carbonyl (C=O) groups is 1. The zero-order valence-corrected chi connectivity index (χ0v) is 9.43. The lowest BCUT2D eigenvalue weighted by Crippen LogP contribution is -2.53. The fraction of sp³-hybridized carbons (Fsp3) is 0.583. The molecule has 16 heavy (non-hydrogen) atoms. The average Bonchev–Trinajstić information content (AvgIpc) is 2.85. The van der Waals surface area contributed by atoms with Crippen LogP contribution in [0.15, 0.2) is 22.8 Å². The fourth-order valence-corrected chi connectivity index (χ4v) is 2.84. The predicted molar refractivity (Wildman–Crippen MR) is 59.2 cm³/mol. The maximum atomic E-state index is 12.1. The Morgan fingerprint density at radius 1 is 1.38 bits per heavy atom. The van der Waals surface area contributed by atoms with Gasteiger partial charge in [-0.25, -0.2) is 0 Å². The molecule has 4 heteroatoms. The van der Waals surface area contributed by atoms with Crippen LogP contribution in [0.1, 0.15) is 23.4 Å². The molecule has 86 valence electrons. The van der Waals surface area contributed by atoms with Gasteiger partial charge in [-0.2, -0.15) is 0 Å². The van der Waals surface area contributed by atoms with E-state index < -0.39 is 0 Å². The molecule has 0 spiro atoms. The first kappa shape index (κ1) is 9.90. The maximum Gasteiger partial charge on any atom is 0.289 e. The van der Waals surface area contributed by atoms with Crippen LogP contribution in [0.25, 0.3) is 0 Å². The Hall–Kier alpha value is -1.29. The van der Waals surface area contributed by atoms with Crippen molar-refractivity contribution in [2.45, 2.75) is 24.9 Å². The standard InChI is InChI=1S/C12H16N2O2/c1-13-9-4-5-10(13)8-14(7-9)12(15)11-3-2-6-16-11/h2-3,6,9-10H,4-5,7-8H2,1H3. The lowest BCUT2D eigenvalue weighted by Gasteiger charge is -2.38. The summed E-state index contributed by atoms with van der Waals surface area (Å²) >= 11 is 0. The first-order chi connectivity index (χ1) is 7.75. The van der Waals surface area contributed by atoms with Gasteiger partial charge in [-0.1, -0.05) is 0 Å². The summed E-state index contributed by atoms with van der Waals surface area (Å²) in [6.45, 7) is 1.68. The Morgan fingerprint density at radius 2 is 2.06 bits per heavy atom. The largest absolute Gasteiger partial charge is 0.459 e. The summed E-state index contributed by atoms with van der Waals surface area (Å²) in [6.07, 6.45) is 3.98. The summed E-state index contributed by atoms with van der Waals surface area (Å²) < 4.78 is 5.16. The number of furan rings is 1. The van der Waals surface area contributed by atoms with Gasteiger partial charge >= 0.3 is 0 Å². The fourth-order valence-electron chi connectivity index (χ4n) is 2.84. The van der Waals surface area contributed by atoms with Crippen molar-refractivity contribution in [2.75, 3.05) is 20.1 Å². The summed E-state index contributed by atoms with van der Waals surface area (Å²) in [4.78, 5) is 16.4. The summed E-state index contributed by atoms with van der Waals surface area (Å²) in [5.74, 6) is 0.499. The molecule has 0 saturated carbocycles. The number of piperazine rings is 1. The van der Waals surface area contributed by atoms with E-state index in [2.05, 4.69) is 11.9 Å². The second-order valence-electron chi connectivity index (χ2n) is 4.74. The van der Waals surface area contributed by atoms with E-state index in [4.69, 9.17) is 4.42 Å². The molecule has 0 aromatic carbocycles. The molecule has 3 heterocycles. The molecule has 2 bridgehead atoms. The van der Waals surface area contributed by atoms with Gasteiger partial charge in [-0.05, 0) is 32.0 Å². The van der Waals surface area contributed by atoms with Crippen molar-refractivity contribution in [3.63, 3.8) is 0 Å². The van der Waals surface area contributed by atoms with Crippen LogP contribution in [-0.4, -0.2) is 47.9 Å². The average molecular weight is 220 g/mol. The molecule has 0 radical (unpaired) electrons. The van der Waals surface area contributed by atoms with Crippen molar-refractivity contribution in [1.29, 1.82) is 0 Å². The molecule has 3 rings (SSSR count). The number of nitrogens with zero attached hydrogens (tertiary/aromatic N) is 2. The van der Waals surface area contributed by atoms with Crippen LogP contribution >= 0.6 is 0 Å². The van der Waals surface area contributed by atoms with Crippen molar-refractivity contribution in [2.24, 2.45) is 0 Å². The topological polar surface area (TPSA) is 36.7 Å². The van der Waals surface area contributed by atoms with E-state index in [1.54, 1.807) is 18.4 Å². The first-order valence-corrected chi connectivity index (χ1v) is 5.80. The Kier molecular flexibility index (Phi) is 2.24. The lowest BCUT2D eigenvalue weighted by molar-refractivity contribution is 0.0495. The molecule has 1 aromatic heterocycles. The van der Waals surface area contributed by atoms with Crippen molar-refractivity contribution in [3.8, 4) is 0 Å². The Balaban J connectivity index is 1.76. The molecular formula is C12H16N2O2. The quantitative estimate of drug-likeness (QED) is 0.713. The highest BCUT2D eigenvalue weighted by molar-refractivity contribution is 5.91. The third kappa shape index (κ3) is 1.45. The third-order valence-corrected chi connectivity index (χ3v) is 3.87. The summed E-state index contributed by atoms with van der Waals surface area (Å²) in [7, 11) is 2.16. The number of likely N-dealkylation sites (tertiary alicyclic amines) is 1. The van der Waals surface area contributed by atoms with Gasteiger partial charge in [-0.3, -0.25) is 9.69 Å². The monoisotopic (exact) mass is 220 g/mol. The number of fused-ring (bicyclic) bond motifs is 2. The third-order valence-electron chi connectivity index (χ3n) is 3.87. The Morgan fingerprint density at radius 3 is 2.62 bits per heavy atom. The second kappa shape index (κ2) is 3.63. The van der Waals surface area contributed by atoms with Crippen LogP contribution in [0.2, 0.25) is 0 Å². The van der Waals surface area contributed by atoms with Gasteiger partial charge in [-0.15, -0.1) is 0 Å². The van der Waals surface area contributed by atoms with Gasteiger partial charge in [0, 0.05) is 25.2 Å². The van der Waals surface area contributed by atoms with Crippen LogP contribution in [0.5, 0.6) is 0 Å². The number of likely N-dealkylation sites (N-methyl/N-ethyl adjacent to an activating group) is 1. The van der Waals surface area contributed by atoms with Gasteiger partial charge < -0.3 is 9.32 Å². The molecule has 2 aliphatic rings. The Labute approximate surface area is 94.8 Å². The van der Waals surface area contributed by atoms with Crippen LogP contribution in [0, 0.1) is 0 Å². The van der Waals surface area contributed by atoms with E-state index >= 15 is 0 Å². The van der Waals surface area contributed by atoms with Gasteiger partial charge in [0.15, 0.2) is 5.76 Å². The number of hydrogen-bond donors (Lipinski definition) is 0. The van der Waals surface area contributed by atoms with E-state index in [-0.39, 0.29) is 5.91 Å². The van der Waals surface area contributed by atoms with Crippen molar-refractivity contribution in [3.05, 3.63) is 24.2 Å². The zero-order valence-electron chi connectivity index (χ0n) is 9.43. The molecule has 0 N–H and O–H groups in total. The minimum atomic E-state index is 0.0370. The molecule has 1 amide bonds. The highest BCUT2D eigenvalue weighted by Crippen LogP contribution is 2.28. The maximum absolute atomic E-state index is 12.1. The van der Waals surface area contributed by atoms with E-state index in [9.17, 15) is 4.79 Å². The van der Waals surface area contributed by atoms with E-state index in [1.165, 1.54) is 12.8 Å². The van der Waals surface area contributed by atoms with Gasteiger partial charge in [0.05, 0.1) is 6.26 Å². The molecule has 1 aromatic rings. The smallest absolute Gasteiger partial charge is 0.289 e. The van der Waals surface area contributed by atoms with Crippen LogP contribution in [0.3, 0.4) is 0 Å². The summed E-state index contributed by atoms with van der Waals surface area (Å²) in [6, 6.07) is 4.58. The highest BCUT2D eigenvalue weighted by Gasteiger charge is 2.39. The number of amides is 1. The molecule has 2 atom stereocenters. The SMILES string of the molecule is CN1C2CCC1CN(C(=O)c1ccco1)C2. The Bertz CT molecular complexity index is 374. The molecule has 2 saturated heterocycles. The first-order valence-electron chi connectivity index (χ1n) is 5.80. The molecule has 2 aliphatic heterocycles. The zero-order chi connectivity index (χ0) is 11.1. The van der Waals surface area contributed by atoms with E-state index in [0.717, 1.165) is 13.1 Å². The van der Waals surface area contributed by atoms with Crippen LogP contribution in [-0.2, 0) is 0 Å². The minimum Gasteiger partial charge on any atom is -0.459 e. The van der Waals surface area contributed by atoms with Crippen molar-refractivity contribution in [1.82, 2.24) is 9.80 Å². The lowest BCUT2D eigenvalue weighted by atomic mass is 10.2. The normalized spacial score (nSPS) is 29.7. The molecule has 2 unspecified atom stereocenters. The minimum absolute atomic E-state index is 0.0370. The van der Waals surface area contributed by atoms with Crippen LogP contribution in [0.4, 0.5) is 0 Å². The molecular weight excluding hydrogens is 204 g/mol. The molecule has 0 aliphatic carbocycles. The van der Waals surface area contributed by atoms with Crippen LogP contribution < -0.4 is 0 Å². The van der Waals surface area contributed by atoms with Gasteiger partial charge in [0.2, 0.25) is 0 Å². The summed E-state index contributed by atoms with van der Waals surface area (Å²) in [5, 5.41) is 0. The van der Waals surface area contributed by atoms with Crippen molar-refractivity contribution < 1.29 is 9.21 Å². The predicted octanol–water partition coefficient (Wildman–Crippen LogP) is 1.20. The molecule has 4 nitrogen and oxygen atoms in total. The number of hydrogen-bond acceptors (Lipinski definition) is 3. The molecule has 2 fully saturated rings. The van der Waals surface area contributed by atoms with Gasteiger partial charge in [0.25, 0.3) is 5.91 Å². The van der Waals surface area contributed by atoms with E-state index in [0.29, 0.717) is 17.8 Å². The number of carbonyl (C=O) groups excluding carboxylic acids is 1. The van der Waals surface area contributed by atoms with Crippen molar-refractivity contribution >= 4 is 5.91 Å². The number of rotatable bonds is 1. The van der Waals surface area contributed by atoms with Gasteiger partial charge in [0.1, 0.15) is 0 Å². The highest BCUT2D eigenvalue weighted by atomic mass is 16.3. The second-order valence-corrected chi connectivity index (χ2v) is 4.74.